The summed E-state index contributed by atoms with van der Waals surface area (Å²) in [5.41, 5.74) is 1.41. The number of hydrogen-bond acceptors (Lipinski definition) is 6. The monoisotopic (exact) mass is 474 g/mol. The maximum Gasteiger partial charge on any atom is 0.261 e. The molecule has 0 unspecified atom stereocenters. The zero-order chi connectivity index (χ0) is 23.6. The molecule has 0 aliphatic carbocycles. The minimum Gasteiger partial charge on any atom is -0.481 e. The third-order valence-corrected chi connectivity index (χ3v) is 5.29. The lowest BCUT2D eigenvalue weighted by molar-refractivity contribution is -0.0335. The molecule has 0 fully saturated rings. The number of fused-ring (bicyclic) bond motifs is 1. The molecule has 0 spiro atoms. The zero-order valence-electron chi connectivity index (χ0n) is 19.4. The van der Waals surface area contributed by atoms with Crippen LogP contribution in [0.3, 0.4) is 0 Å². The van der Waals surface area contributed by atoms with Gasteiger partial charge in [0.05, 0.1) is 18.9 Å². The first-order chi connectivity index (χ1) is 16.0. The Bertz CT molecular complexity index is 1120. The first-order valence-electron chi connectivity index (χ1n) is 11.2. The average Bonchev–Trinajstić information content (AvgIpc) is 3.25. The van der Waals surface area contributed by atoms with Crippen LogP contribution in [0.15, 0.2) is 46.3 Å². The molecule has 0 saturated carbocycles. The number of hydrogen-bond donors (Lipinski definition) is 0. The quantitative estimate of drug-likeness (QED) is 0.158. The zero-order valence-corrected chi connectivity index (χ0v) is 20.2. The van der Waals surface area contributed by atoms with E-state index in [0.29, 0.717) is 54.4 Å². The number of unbranched alkanes of at least 4 members (excludes halogenated alkanes) is 2. The fraction of sp³-hybridized carbons (Fsp3) is 0.458. The number of methoxy groups -OCH3 is 1. The number of nitrogens with zero attached hydrogens (tertiary/aromatic N) is 4. The predicted octanol–water partition coefficient (Wildman–Crippen LogP) is 5.08. The first kappa shape index (κ1) is 25.0. The van der Waals surface area contributed by atoms with E-state index in [1.54, 1.807) is 24.6 Å². The fourth-order valence-corrected chi connectivity index (χ4v) is 3.51. The third kappa shape index (κ3) is 6.90. The van der Waals surface area contributed by atoms with E-state index in [1.807, 2.05) is 28.8 Å². The molecule has 2 heterocycles. The van der Waals surface area contributed by atoms with Gasteiger partial charge in [-0.15, -0.1) is 0 Å². The SMILES string of the molecule is CCCCCn1c(/N=C(\C)OCCCOCOC)cc(=O)n2cc(-c3ccc(Cl)cc3)nc12. The van der Waals surface area contributed by atoms with Gasteiger partial charge >= 0.3 is 0 Å². The summed E-state index contributed by atoms with van der Waals surface area (Å²) in [5, 5.41) is 0.652. The van der Waals surface area contributed by atoms with Crippen molar-refractivity contribution in [2.45, 2.75) is 46.1 Å². The maximum absolute atomic E-state index is 12.9. The van der Waals surface area contributed by atoms with Crippen LogP contribution in [0.25, 0.3) is 17.0 Å². The van der Waals surface area contributed by atoms with Gasteiger partial charge in [-0.3, -0.25) is 13.8 Å². The van der Waals surface area contributed by atoms with E-state index in [1.165, 1.54) is 6.07 Å². The molecule has 1 aromatic carbocycles. The highest BCUT2D eigenvalue weighted by Gasteiger charge is 2.14. The third-order valence-electron chi connectivity index (χ3n) is 5.04. The van der Waals surface area contributed by atoms with Gasteiger partial charge in [0.1, 0.15) is 12.6 Å². The van der Waals surface area contributed by atoms with Crippen molar-refractivity contribution in [3.63, 3.8) is 0 Å². The van der Waals surface area contributed by atoms with Crippen molar-refractivity contribution in [3.05, 3.63) is 51.9 Å². The Balaban J connectivity index is 1.90. The Morgan fingerprint density at radius 1 is 1.15 bits per heavy atom. The fourth-order valence-electron chi connectivity index (χ4n) is 3.39. The van der Waals surface area contributed by atoms with Crippen LogP contribution in [0, 0.1) is 0 Å². The van der Waals surface area contributed by atoms with Gasteiger partial charge in [0.25, 0.3) is 5.56 Å². The molecule has 0 bridgehead atoms. The van der Waals surface area contributed by atoms with Gasteiger partial charge in [0, 0.05) is 49.8 Å². The highest BCUT2D eigenvalue weighted by atomic mass is 35.5. The number of ether oxygens (including phenoxy) is 3. The number of rotatable bonds is 12. The van der Waals surface area contributed by atoms with E-state index < -0.39 is 0 Å². The van der Waals surface area contributed by atoms with E-state index in [-0.39, 0.29) is 12.4 Å². The van der Waals surface area contributed by atoms with Crippen LogP contribution >= 0.6 is 11.6 Å². The summed E-state index contributed by atoms with van der Waals surface area (Å²) in [6, 6.07) is 8.93. The summed E-state index contributed by atoms with van der Waals surface area (Å²) in [7, 11) is 1.59. The number of imidazole rings is 1. The predicted molar refractivity (Wildman–Crippen MR) is 131 cm³/mol. The van der Waals surface area contributed by atoms with E-state index >= 15 is 0 Å². The standard InChI is InChI=1S/C24H31ClN4O4/c1-4-5-6-12-28-22(26-18(2)33-14-7-13-32-17-31-3)15-23(30)29-16-21(27-24(28)29)19-8-10-20(25)11-9-19/h8-11,15-16H,4-7,12-14,17H2,1-3H3/b26-18+. The van der Waals surface area contributed by atoms with Crippen molar-refractivity contribution in [1.29, 1.82) is 0 Å². The molecule has 8 nitrogen and oxygen atoms in total. The summed E-state index contributed by atoms with van der Waals surface area (Å²) in [5.74, 6) is 1.58. The molecule has 0 N–H and O–H groups in total. The second-order valence-corrected chi connectivity index (χ2v) is 8.09. The minimum absolute atomic E-state index is 0.191. The van der Waals surface area contributed by atoms with Gasteiger partial charge in [0.2, 0.25) is 5.78 Å². The molecular weight excluding hydrogens is 444 g/mol. The number of aliphatic imine (C=N–C) groups is 1. The summed E-state index contributed by atoms with van der Waals surface area (Å²) < 4.78 is 19.4. The van der Waals surface area contributed by atoms with Gasteiger partial charge in [-0.2, -0.15) is 4.99 Å². The lowest BCUT2D eigenvalue weighted by atomic mass is 10.2. The molecule has 0 aliphatic heterocycles. The van der Waals surface area contributed by atoms with Gasteiger partial charge in [0.15, 0.2) is 5.90 Å². The topological polar surface area (TPSA) is 79.4 Å². The molecule has 3 aromatic rings. The van der Waals surface area contributed by atoms with E-state index in [9.17, 15) is 4.79 Å². The lowest BCUT2D eigenvalue weighted by Crippen LogP contribution is -2.17. The van der Waals surface area contributed by atoms with E-state index in [2.05, 4.69) is 11.9 Å². The Kier molecular flexibility index (Phi) is 9.47. The molecule has 3 rings (SSSR count). The summed E-state index contributed by atoms with van der Waals surface area (Å²) in [6.45, 7) is 5.90. The van der Waals surface area contributed by atoms with E-state index in [0.717, 1.165) is 24.8 Å². The molecule has 33 heavy (non-hydrogen) atoms. The number of benzene rings is 1. The number of aryl methyl sites for hydroxylation is 1. The van der Waals surface area contributed by atoms with Crippen LogP contribution in [-0.2, 0) is 20.8 Å². The van der Waals surface area contributed by atoms with Gasteiger partial charge < -0.3 is 14.2 Å². The Labute approximate surface area is 198 Å². The lowest BCUT2D eigenvalue weighted by Gasteiger charge is -2.13. The molecule has 9 heteroatoms. The van der Waals surface area contributed by atoms with Crippen molar-refractivity contribution in [3.8, 4) is 11.3 Å². The normalized spacial score (nSPS) is 11.9. The van der Waals surface area contributed by atoms with Gasteiger partial charge in [-0.05, 0) is 18.6 Å². The maximum atomic E-state index is 12.9. The van der Waals surface area contributed by atoms with Crippen LogP contribution in [0.1, 0.15) is 39.5 Å². The number of aromatic nitrogens is 3. The minimum atomic E-state index is -0.191. The van der Waals surface area contributed by atoms with Gasteiger partial charge in [-0.25, -0.2) is 4.98 Å². The van der Waals surface area contributed by atoms with E-state index in [4.69, 9.17) is 30.8 Å². The highest BCUT2D eigenvalue weighted by molar-refractivity contribution is 6.30. The van der Waals surface area contributed by atoms with Crippen LogP contribution in [0.4, 0.5) is 5.82 Å². The smallest absolute Gasteiger partial charge is 0.261 e. The van der Waals surface area contributed by atoms with Crippen molar-refractivity contribution in [2.24, 2.45) is 4.99 Å². The Morgan fingerprint density at radius 3 is 2.67 bits per heavy atom. The molecule has 178 valence electrons. The van der Waals surface area contributed by atoms with Crippen molar-refractivity contribution in [1.82, 2.24) is 14.0 Å². The van der Waals surface area contributed by atoms with Crippen molar-refractivity contribution in [2.75, 3.05) is 27.1 Å². The van der Waals surface area contributed by atoms with Crippen LogP contribution in [-0.4, -0.2) is 47.0 Å². The average molecular weight is 475 g/mol. The van der Waals surface area contributed by atoms with Gasteiger partial charge in [-0.1, -0.05) is 43.5 Å². The second kappa shape index (κ2) is 12.5. The highest BCUT2D eigenvalue weighted by Crippen LogP contribution is 2.23. The van der Waals surface area contributed by atoms with Crippen LogP contribution < -0.4 is 5.56 Å². The first-order valence-corrected chi connectivity index (χ1v) is 11.5. The summed E-state index contributed by atoms with van der Waals surface area (Å²) >= 11 is 6.02. The molecule has 0 saturated heterocycles. The summed E-state index contributed by atoms with van der Waals surface area (Å²) in [4.78, 5) is 22.2. The number of halogens is 1. The Morgan fingerprint density at radius 2 is 1.94 bits per heavy atom. The summed E-state index contributed by atoms with van der Waals surface area (Å²) in [6.07, 6.45) is 5.59. The molecule has 0 amide bonds. The largest absolute Gasteiger partial charge is 0.481 e. The molecule has 0 aliphatic rings. The molecule has 0 atom stereocenters. The molecular formula is C24H31ClN4O4. The second-order valence-electron chi connectivity index (χ2n) is 7.65. The molecule has 2 aromatic heterocycles. The van der Waals surface area contributed by atoms with Crippen molar-refractivity contribution >= 4 is 29.1 Å². The van der Waals surface area contributed by atoms with Crippen LogP contribution in [0.5, 0.6) is 0 Å². The molecule has 0 radical (unpaired) electrons. The van der Waals surface area contributed by atoms with Crippen molar-refractivity contribution < 1.29 is 14.2 Å². The van der Waals surface area contributed by atoms with Crippen LogP contribution in [0.2, 0.25) is 5.02 Å². The Hall–Kier alpha value is -2.68.